The summed E-state index contributed by atoms with van der Waals surface area (Å²) < 4.78 is 0. The number of carbonyl (C=O) groups is 2. The van der Waals surface area contributed by atoms with Gasteiger partial charge in [0.25, 0.3) is 5.91 Å². The van der Waals surface area contributed by atoms with Gasteiger partial charge < -0.3 is 16.0 Å². The molecule has 2 amide bonds. The minimum atomic E-state index is -0.0272. The van der Waals surface area contributed by atoms with Crippen molar-refractivity contribution in [1.29, 1.82) is 0 Å². The van der Waals surface area contributed by atoms with Crippen molar-refractivity contribution >= 4 is 29.3 Å². The fraction of sp³-hybridized carbons (Fsp3) is 0.300. The molecular weight excluding hydrogens is 346 g/mol. The average molecular weight is 367 g/mol. The highest BCUT2D eigenvalue weighted by Crippen LogP contribution is 2.35. The molecule has 2 aromatic carbocycles. The Bertz CT molecular complexity index is 840. The molecule has 0 saturated carbocycles. The molecule has 6 heteroatoms. The molecule has 134 valence electrons. The van der Waals surface area contributed by atoms with Crippen LogP contribution < -0.4 is 11.1 Å². The maximum absolute atomic E-state index is 13.0. The first kappa shape index (κ1) is 17.1. The van der Waals surface area contributed by atoms with Gasteiger partial charge in [-0.15, -0.1) is 11.8 Å². The summed E-state index contributed by atoms with van der Waals surface area (Å²) in [7, 11) is 0. The summed E-state index contributed by atoms with van der Waals surface area (Å²) in [4.78, 5) is 27.5. The predicted molar refractivity (Wildman–Crippen MR) is 103 cm³/mol. The fourth-order valence-electron chi connectivity index (χ4n) is 3.75. The van der Waals surface area contributed by atoms with Gasteiger partial charge in [0.2, 0.25) is 5.91 Å². The quantitative estimate of drug-likeness (QED) is 0.874. The van der Waals surface area contributed by atoms with Crippen molar-refractivity contribution in [2.75, 3.05) is 30.7 Å². The molecule has 4 rings (SSSR count). The number of thioether (sulfide) groups is 1. The number of fused-ring (bicyclic) bond motifs is 1. The van der Waals surface area contributed by atoms with E-state index in [0.717, 1.165) is 10.6 Å². The lowest BCUT2D eigenvalue weighted by Gasteiger charge is -2.20. The number of benzene rings is 2. The van der Waals surface area contributed by atoms with Crippen LogP contribution in [0.3, 0.4) is 0 Å². The average Bonchev–Trinajstić information content (AvgIpc) is 3.12. The monoisotopic (exact) mass is 367 g/mol. The van der Waals surface area contributed by atoms with Gasteiger partial charge >= 0.3 is 0 Å². The summed E-state index contributed by atoms with van der Waals surface area (Å²) in [6, 6.07) is 15.8. The predicted octanol–water partition coefficient (Wildman–Crippen LogP) is 2.55. The number of hydrogen-bond donors (Lipinski definition) is 2. The number of nitrogens with two attached hydrogens (primary N) is 1. The molecule has 0 radical (unpaired) electrons. The molecule has 1 saturated heterocycles. The van der Waals surface area contributed by atoms with Crippen LogP contribution in [-0.2, 0) is 4.79 Å². The Morgan fingerprint density at radius 1 is 1.19 bits per heavy atom. The highest BCUT2D eigenvalue weighted by atomic mass is 32.2. The van der Waals surface area contributed by atoms with Crippen molar-refractivity contribution < 1.29 is 9.59 Å². The number of nitrogens with one attached hydrogen (secondary N) is 1. The van der Waals surface area contributed by atoms with Crippen molar-refractivity contribution in [3.63, 3.8) is 0 Å². The second-order valence-corrected chi connectivity index (χ2v) is 7.79. The minimum absolute atomic E-state index is 0.00509. The first-order valence-corrected chi connectivity index (χ1v) is 9.75. The molecule has 0 spiro atoms. The summed E-state index contributed by atoms with van der Waals surface area (Å²) in [6.45, 7) is 1.89. The van der Waals surface area contributed by atoms with Gasteiger partial charge in [0, 0.05) is 29.5 Å². The van der Waals surface area contributed by atoms with Crippen LogP contribution >= 0.6 is 11.8 Å². The Labute approximate surface area is 156 Å². The zero-order chi connectivity index (χ0) is 18.1. The molecule has 0 unspecified atom stereocenters. The van der Waals surface area contributed by atoms with Crippen molar-refractivity contribution in [3.05, 3.63) is 59.7 Å². The van der Waals surface area contributed by atoms with Gasteiger partial charge in [0.05, 0.1) is 11.4 Å². The first-order valence-electron chi connectivity index (χ1n) is 8.76. The second-order valence-electron chi connectivity index (χ2n) is 6.77. The van der Waals surface area contributed by atoms with Gasteiger partial charge in [-0.05, 0) is 36.2 Å². The molecule has 5 nitrogen and oxygen atoms in total. The maximum atomic E-state index is 13.0. The van der Waals surface area contributed by atoms with Crippen LogP contribution in [0, 0.1) is 5.92 Å². The standard InChI is InChI=1S/C20H21N3O2S/c21-9-15-10-23(11-16(15)13-4-2-1-3-5-13)20(25)14-6-7-18-17(8-14)22-19(24)12-26-18/h1-8,15-16H,9-12,21H2,(H,22,24)/t15-,16+/m1/s1. The van der Waals surface area contributed by atoms with Crippen molar-refractivity contribution in [3.8, 4) is 0 Å². The van der Waals surface area contributed by atoms with Crippen LogP contribution in [0.5, 0.6) is 0 Å². The zero-order valence-corrected chi connectivity index (χ0v) is 15.2. The van der Waals surface area contributed by atoms with Crippen LogP contribution in [0.25, 0.3) is 0 Å². The molecule has 26 heavy (non-hydrogen) atoms. The largest absolute Gasteiger partial charge is 0.338 e. The Hall–Kier alpha value is -2.31. The molecule has 2 heterocycles. The minimum Gasteiger partial charge on any atom is -0.338 e. The summed E-state index contributed by atoms with van der Waals surface area (Å²) >= 11 is 1.50. The van der Waals surface area contributed by atoms with Gasteiger partial charge in [0.15, 0.2) is 0 Å². The van der Waals surface area contributed by atoms with Crippen LogP contribution in [0.4, 0.5) is 5.69 Å². The summed E-state index contributed by atoms with van der Waals surface area (Å²) in [5.74, 6) is 0.908. The third-order valence-electron chi connectivity index (χ3n) is 5.12. The second kappa shape index (κ2) is 7.13. The van der Waals surface area contributed by atoms with Gasteiger partial charge in [-0.2, -0.15) is 0 Å². The van der Waals surface area contributed by atoms with E-state index in [4.69, 9.17) is 5.73 Å². The number of likely N-dealkylation sites (tertiary alicyclic amines) is 1. The van der Waals surface area contributed by atoms with Crippen molar-refractivity contribution in [2.45, 2.75) is 10.8 Å². The van der Waals surface area contributed by atoms with E-state index in [9.17, 15) is 9.59 Å². The van der Waals surface area contributed by atoms with Crippen LogP contribution in [-0.4, -0.2) is 42.1 Å². The lowest BCUT2D eigenvalue weighted by atomic mass is 9.89. The molecule has 3 N–H and O–H groups in total. The van der Waals surface area contributed by atoms with E-state index < -0.39 is 0 Å². The topological polar surface area (TPSA) is 75.4 Å². The number of hydrogen-bond acceptors (Lipinski definition) is 4. The van der Waals surface area contributed by atoms with Crippen molar-refractivity contribution in [2.24, 2.45) is 11.7 Å². The van der Waals surface area contributed by atoms with Crippen LogP contribution in [0.1, 0.15) is 21.8 Å². The molecule has 0 bridgehead atoms. The van der Waals surface area contributed by atoms with E-state index in [-0.39, 0.29) is 23.7 Å². The Morgan fingerprint density at radius 2 is 2.00 bits per heavy atom. The highest BCUT2D eigenvalue weighted by Gasteiger charge is 2.35. The molecular formula is C20H21N3O2S. The maximum Gasteiger partial charge on any atom is 0.253 e. The van der Waals surface area contributed by atoms with E-state index in [1.807, 2.05) is 35.2 Å². The van der Waals surface area contributed by atoms with Gasteiger partial charge in [0.1, 0.15) is 0 Å². The van der Waals surface area contributed by atoms with E-state index in [2.05, 4.69) is 17.4 Å². The lowest BCUT2D eigenvalue weighted by molar-refractivity contribution is -0.113. The summed E-state index contributed by atoms with van der Waals surface area (Å²) in [5.41, 5.74) is 8.55. The van der Waals surface area contributed by atoms with Crippen molar-refractivity contribution in [1.82, 2.24) is 4.90 Å². The van der Waals surface area contributed by atoms with Gasteiger partial charge in [-0.1, -0.05) is 30.3 Å². The first-order chi connectivity index (χ1) is 12.7. The molecule has 0 aromatic heterocycles. The zero-order valence-electron chi connectivity index (χ0n) is 14.4. The SMILES string of the molecule is NC[C@@H]1CN(C(=O)c2ccc3c(c2)NC(=O)CS3)C[C@H]1c1ccccc1. The highest BCUT2D eigenvalue weighted by molar-refractivity contribution is 8.00. The van der Waals surface area contributed by atoms with E-state index in [1.165, 1.54) is 17.3 Å². The molecule has 2 atom stereocenters. The molecule has 1 fully saturated rings. The number of amides is 2. The Kier molecular flexibility index (Phi) is 4.70. The van der Waals surface area contributed by atoms with E-state index >= 15 is 0 Å². The molecule has 2 aliphatic heterocycles. The summed E-state index contributed by atoms with van der Waals surface area (Å²) in [6.07, 6.45) is 0. The number of carbonyl (C=O) groups excluding carboxylic acids is 2. The van der Waals surface area contributed by atoms with Gasteiger partial charge in [-0.3, -0.25) is 9.59 Å². The fourth-order valence-corrected chi connectivity index (χ4v) is 4.54. The number of anilines is 1. The van der Waals surface area contributed by atoms with Gasteiger partial charge in [-0.25, -0.2) is 0 Å². The van der Waals surface area contributed by atoms with E-state index in [1.54, 1.807) is 6.07 Å². The normalized spacial score (nSPS) is 22.0. The Balaban J connectivity index is 1.55. The smallest absolute Gasteiger partial charge is 0.253 e. The Morgan fingerprint density at radius 3 is 2.77 bits per heavy atom. The third kappa shape index (κ3) is 3.22. The van der Waals surface area contributed by atoms with E-state index in [0.29, 0.717) is 31.0 Å². The molecule has 2 aromatic rings. The summed E-state index contributed by atoms with van der Waals surface area (Å²) in [5, 5.41) is 2.85. The third-order valence-corrected chi connectivity index (χ3v) is 6.19. The van der Waals surface area contributed by atoms with Crippen LogP contribution in [0.15, 0.2) is 53.4 Å². The molecule has 2 aliphatic rings. The number of rotatable bonds is 3. The molecule has 0 aliphatic carbocycles. The number of nitrogens with zero attached hydrogens (tertiary/aromatic N) is 1. The van der Waals surface area contributed by atoms with Crippen LogP contribution in [0.2, 0.25) is 0 Å². The lowest BCUT2D eigenvalue weighted by Crippen LogP contribution is -2.30.